The number of carbonyl (C=O) groups excluding carboxylic acids is 1. The number of nitrogens with zero attached hydrogens (tertiary/aromatic N) is 6. The van der Waals surface area contributed by atoms with Crippen molar-refractivity contribution in [2.24, 2.45) is 0 Å². The number of amides is 1. The molecule has 2 aliphatic rings. The predicted octanol–water partition coefficient (Wildman–Crippen LogP) is 4.82. The molecule has 44 heavy (non-hydrogen) atoms. The summed E-state index contributed by atoms with van der Waals surface area (Å²) < 4.78 is 48.9. The molecule has 0 radical (unpaired) electrons. The fourth-order valence-electron chi connectivity index (χ4n) is 6.33. The second-order valence-corrected chi connectivity index (χ2v) is 11.3. The normalized spacial score (nSPS) is 17.0. The number of carbonyl (C=O) groups is 1. The molecule has 2 aromatic heterocycles. The second-order valence-electron chi connectivity index (χ2n) is 11.3. The van der Waals surface area contributed by atoms with Gasteiger partial charge < -0.3 is 19.6 Å². The van der Waals surface area contributed by atoms with Crippen molar-refractivity contribution in [3.63, 3.8) is 0 Å². The molecule has 4 heterocycles. The van der Waals surface area contributed by atoms with Crippen LogP contribution in [0.1, 0.15) is 46.1 Å². The van der Waals surface area contributed by atoms with Crippen molar-refractivity contribution in [3.05, 3.63) is 77.1 Å². The van der Waals surface area contributed by atoms with Gasteiger partial charge in [-0.3, -0.25) is 9.69 Å². The molecule has 0 aliphatic carbocycles. The minimum Gasteiger partial charge on any atom is -0.497 e. The minimum atomic E-state index is -4.73. The Labute approximate surface area is 253 Å². The van der Waals surface area contributed by atoms with Crippen LogP contribution < -0.4 is 9.64 Å². The molecular formula is C32H35F3N6O3. The van der Waals surface area contributed by atoms with Crippen molar-refractivity contribution in [3.8, 4) is 17.0 Å². The number of alkyl halides is 3. The number of methoxy groups -OCH3 is 1. The van der Waals surface area contributed by atoms with Gasteiger partial charge in [0.2, 0.25) is 0 Å². The number of fused-ring (bicyclic) bond motifs is 1. The lowest BCUT2D eigenvalue weighted by Crippen LogP contribution is -2.50. The Bertz CT molecular complexity index is 1640. The van der Waals surface area contributed by atoms with E-state index in [1.165, 1.54) is 33.1 Å². The largest absolute Gasteiger partial charge is 0.497 e. The summed E-state index contributed by atoms with van der Waals surface area (Å²) in [7, 11) is 1.51. The molecule has 0 unspecified atom stereocenters. The van der Waals surface area contributed by atoms with Gasteiger partial charge in [0.05, 0.1) is 31.6 Å². The van der Waals surface area contributed by atoms with Crippen LogP contribution >= 0.6 is 0 Å². The molecule has 2 saturated heterocycles. The van der Waals surface area contributed by atoms with Crippen LogP contribution in [-0.2, 0) is 6.18 Å². The third-order valence-corrected chi connectivity index (χ3v) is 8.69. The number of halogens is 3. The van der Waals surface area contributed by atoms with Gasteiger partial charge in [-0.05, 0) is 61.7 Å². The van der Waals surface area contributed by atoms with E-state index >= 15 is 0 Å². The summed E-state index contributed by atoms with van der Waals surface area (Å²) in [6.07, 6.45) is -1.21. The molecule has 2 aromatic carbocycles. The lowest BCUT2D eigenvalue weighted by Gasteiger charge is -2.39. The highest BCUT2D eigenvalue weighted by atomic mass is 19.4. The molecule has 232 valence electrons. The van der Waals surface area contributed by atoms with Crippen LogP contribution in [-0.4, -0.2) is 88.4 Å². The van der Waals surface area contributed by atoms with Crippen LogP contribution in [0.2, 0.25) is 0 Å². The SMILES string of the molecule is COc1ccc(-c2nc3c(C(=O)N4CCN([C@H](CO)c5cccc(N6CCCC6)c5)CC4)cnn3c(C(F)(F)F)c2C)cc1. The molecule has 2 fully saturated rings. The number of rotatable bonds is 7. The summed E-state index contributed by atoms with van der Waals surface area (Å²) >= 11 is 0. The molecule has 9 nitrogen and oxygen atoms in total. The van der Waals surface area contributed by atoms with Crippen molar-refractivity contribution in [2.75, 3.05) is 57.9 Å². The standard InChI is InChI=1S/C32H35F3N6O3/c1-21-28(22-8-10-25(44-2)11-9-22)37-30-26(19-36-41(30)29(21)32(33,34)35)31(43)40-16-14-39(15-17-40)27(20-42)23-6-5-7-24(18-23)38-12-3-4-13-38/h5-11,18-19,27,42H,3-4,12-17,20H2,1-2H3/t27-/m1/s1. The zero-order valence-electron chi connectivity index (χ0n) is 24.7. The van der Waals surface area contributed by atoms with Crippen LogP contribution in [0.4, 0.5) is 18.9 Å². The third-order valence-electron chi connectivity index (χ3n) is 8.69. The van der Waals surface area contributed by atoms with Gasteiger partial charge >= 0.3 is 6.18 Å². The summed E-state index contributed by atoms with van der Waals surface area (Å²) in [6.45, 7) is 5.04. The minimum absolute atomic E-state index is 0.00994. The van der Waals surface area contributed by atoms with Gasteiger partial charge in [-0.15, -0.1) is 0 Å². The Morgan fingerprint density at radius 3 is 2.36 bits per heavy atom. The first-order valence-electron chi connectivity index (χ1n) is 14.8. The first-order chi connectivity index (χ1) is 21.2. The van der Waals surface area contributed by atoms with Crippen LogP contribution in [0.25, 0.3) is 16.9 Å². The molecule has 1 atom stereocenters. The summed E-state index contributed by atoms with van der Waals surface area (Å²) in [5.74, 6) is 0.131. The number of aliphatic hydroxyl groups is 1. The molecular weight excluding hydrogens is 573 g/mol. The van der Waals surface area contributed by atoms with Gasteiger partial charge in [0.1, 0.15) is 11.3 Å². The van der Waals surface area contributed by atoms with Crippen LogP contribution in [0.3, 0.4) is 0 Å². The summed E-state index contributed by atoms with van der Waals surface area (Å²) in [6, 6.07) is 14.6. The summed E-state index contributed by atoms with van der Waals surface area (Å²) in [5, 5.41) is 14.3. The number of piperazine rings is 1. The average Bonchev–Trinajstić information content (AvgIpc) is 3.72. The maximum atomic E-state index is 14.3. The van der Waals surface area contributed by atoms with Crippen molar-refractivity contribution >= 4 is 17.2 Å². The Balaban J connectivity index is 1.25. The van der Waals surface area contributed by atoms with Gasteiger partial charge in [-0.1, -0.05) is 12.1 Å². The number of anilines is 1. The lowest BCUT2D eigenvalue weighted by molar-refractivity contribution is -0.143. The van der Waals surface area contributed by atoms with E-state index in [1.54, 1.807) is 29.2 Å². The van der Waals surface area contributed by atoms with E-state index in [0.29, 0.717) is 37.5 Å². The Hall–Kier alpha value is -4.16. The molecule has 1 N–H and O–H groups in total. The molecule has 0 bridgehead atoms. The van der Waals surface area contributed by atoms with Crippen molar-refractivity contribution in [1.29, 1.82) is 0 Å². The topological polar surface area (TPSA) is 86.4 Å². The van der Waals surface area contributed by atoms with Crippen LogP contribution in [0, 0.1) is 6.92 Å². The van der Waals surface area contributed by atoms with Gasteiger partial charge in [0.15, 0.2) is 11.3 Å². The van der Waals surface area contributed by atoms with Crippen molar-refractivity contribution in [1.82, 2.24) is 24.4 Å². The number of ether oxygens (including phenoxy) is 1. The van der Waals surface area contributed by atoms with Gasteiger partial charge in [0, 0.05) is 56.1 Å². The molecule has 0 saturated carbocycles. The van der Waals surface area contributed by atoms with E-state index in [0.717, 1.165) is 28.9 Å². The Morgan fingerprint density at radius 1 is 1.02 bits per heavy atom. The molecule has 0 spiro atoms. The first-order valence-corrected chi connectivity index (χ1v) is 14.8. The first kappa shape index (κ1) is 29.9. The highest BCUT2D eigenvalue weighted by molar-refractivity contribution is 6.00. The third kappa shape index (κ3) is 5.59. The van der Waals surface area contributed by atoms with E-state index in [-0.39, 0.29) is 35.1 Å². The monoisotopic (exact) mass is 608 g/mol. The van der Waals surface area contributed by atoms with Gasteiger partial charge in [0.25, 0.3) is 5.91 Å². The van der Waals surface area contributed by atoms with Gasteiger partial charge in [-0.2, -0.15) is 18.3 Å². The van der Waals surface area contributed by atoms with Gasteiger partial charge in [-0.25, -0.2) is 9.50 Å². The fourth-order valence-corrected chi connectivity index (χ4v) is 6.33. The summed E-state index contributed by atoms with van der Waals surface area (Å²) in [4.78, 5) is 24.4. The van der Waals surface area contributed by atoms with E-state index in [9.17, 15) is 23.1 Å². The number of aromatic nitrogens is 3. The molecule has 12 heteroatoms. The molecule has 1 amide bonds. The highest BCUT2D eigenvalue weighted by Gasteiger charge is 2.39. The average molecular weight is 609 g/mol. The number of hydrogen-bond donors (Lipinski definition) is 1. The van der Waals surface area contributed by atoms with Crippen molar-refractivity contribution < 1.29 is 27.8 Å². The lowest BCUT2D eigenvalue weighted by atomic mass is 10.0. The van der Waals surface area contributed by atoms with E-state index in [1.807, 2.05) is 12.1 Å². The smallest absolute Gasteiger partial charge is 0.433 e. The maximum Gasteiger partial charge on any atom is 0.433 e. The van der Waals surface area contributed by atoms with E-state index < -0.39 is 17.8 Å². The van der Waals surface area contributed by atoms with E-state index in [4.69, 9.17) is 4.74 Å². The highest BCUT2D eigenvalue weighted by Crippen LogP contribution is 2.37. The second kappa shape index (κ2) is 12.1. The molecule has 2 aliphatic heterocycles. The summed E-state index contributed by atoms with van der Waals surface area (Å²) in [5.41, 5.74) is 1.56. The Kier molecular flexibility index (Phi) is 8.21. The van der Waals surface area contributed by atoms with Crippen LogP contribution in [0.15, 0.2) is 54.7 Å². The predicted molar refractivity (Wildman–Crippen MR) is 160 cm³/mol. The fraction of sp³-hybridized carbons (Fsp3) is 0.406. The maximum absolute atomic E-state index is 14.3. The van der Waals surface area contributed by atoms with Crippen LogP contribution in [0.5, 0.6) is 5.75 Å². The van der Waals surface area contributed by atoms with E-state index in [2.05, 4.69) is 32.0 Å². The number of benzene rings is 2. The number of aliphatic hydroxyl groups excluding tert-OH is 1. The zero-order chi connectivity index (χ0) is 31.0. The van der Waals surface area contributed by atoms with Crippen molar-refractivity contribution in [2.45, 2.75) is 32.0 Å². The molecule has 6 rings (SSSR count). The zero-order valence-corrected chi connectivity index (χ0v) is 24.7. The Morgan fingerprint density at radius 2 is 1.73 bits per heavy atom. The molecule has 4 aromatic rings. The quantitative estimate of drug-likeness (QED) is 0.322. The number of hydrogen-bond acceptors (Lipinski definition) is 7.